The van der Waals surface area contributed by atoms with Gasteiger partial charge in [0.1, 0.15) is 15.6 Å². The average Bonchev–Trinajstić information content (AvgIpc) is 2.77. The number of hydrogen-bond acceptors (Lipinski definition) is 5. The SMILES string of the molecule is Cc1noc(C)c1S(=O)(=O)NCc1ccc(C(N)=S)cc1. The van der Waals surface area contributed by atoms with Crippen LogP contribution in [0.2, 0.25) is 0 Å². The molecular weight excluding hydrogens is 310 g/mol. The van der Waals surface area contributed by atoms with Crippen LogP contribution in [0.4, 0.5) is 0 Å². The highest BCUT2D eigenvalue weighted by Crippen LogP contribution is 2.18. The number of nitrogens with two attached hydrogens (primary N) is 1. The lowest BCUT2D eigenvalue weighted by Gasteiger charge is -2.07. The standard InChI is InChI=1S/C13H15N3O3S2/c1-8-12(9(2)19-16-8)21(17,18)15-7-10-3-5-11(6-4-10)13(14)20/h3-6,15H,7H2,1-2H3,(H2,14,20). The lowest BCUT2D eigenvalue weighted by atomic mass is 10.1. The van der Waals surface area contributed by atoms with Crippen LogP contribution in [0.15, 0.2) is 33.7 Å². The fourth-order valence-electron chi connectivity index (χ4n) is 1.90. The van der Waals surface area contributed by atoms with Gasteiger partial charge in [0, 0.05) is 12.1 Å². The van der Waals surface area contributed by atoms with Crippen LogP contribution >= 0.6 is 12.2 Å². The second kappa shape index (κ2) is 5.92. The predicted octanol–water partition coefficient (Wildman–Crippen LogP) is 1.40. The third kappa shape index (κ3) is 3.46. The number of aromatic nitrogens is 1. The van der Waals surface area contributed by atoms with Crippen LogP contribution in [0.1, 0.15) is 22.6 Å². The molecule has 0 radical (unpaired) electrons. The number of nitrogens with zero attached hydrogens (tertiary/aromatic N) is 1. The summed E-state index contributed by atoms with van der Waals surface area (Å²) >= 11 is 4.86. The fraction of sp³-hybridized carbons (Fsp3) is 0.231. The van der Waals surface area contributed by atoms with Gasteiger partial charge in [-0.3, -0.25) is 0 Å². The lowest BCUT2D eigenvalue weighted by Crippen LogP contribution is -2.24. The topological polar surface area (TPSA) is 98.2 Å². The van der Waals surface area contributed by atoms with E-state index in [1.54, 1.807) is 38.1 Å². The summed E-state index contributed by atoms with van der Waals surface area (Å²) in [5.41, 5.74) is 7.38. The first-order valence-electron chi connectivity index (χ1n) is 6.12. The summed E-state index contributed by atoms with van der Waals surface area (Å²) in [5, 5.41) is 3.65. The monoisotopic (exact) mass is 325 g/mol. The minimum absolute atomic E-state index is 0.0854. The molecule has 0 saturated carbocycles. The molecule has 0 aliphatic heterocycles. The molecule has 2 aromatic rings. The van der Waals surface area contributed by atoms with Crippen LogP contribution in [-0.2, 0) is 16.6 Å². The van der Waals surface area contributed by atoms with Crippen molar-refractivity contribution in [1.29, 1.82) is 0 Å². The van der Waals surface area contributed by atoms with Gasteiger partial charge < -0.3 is 10.3 Å². The third-order valence-corrected chi connectivity index (χ3v) is 4.82. The summed E-state index contributed by atoms with van der Waals surface area (Å²) in [6, 6.07) is 7.04. The first-order valence-corrected chi connectivity index (χ1v) is 8.01. The number of sulfonamides is 1. The second-order valence-corrected chi connectivity index (χ2v) is 6.68. The van der Waals surface area contributed by atoms with Crippen molar-refractivity contribution in [2.45, 2.75) is 25.3 Å². The van der Waals surface area contributed by atoms with Gasteiger partial charge in [0.2, 0.25) is 10.0 Å². The van der Waals surface area contributed by atoms with E-state index in [-0.39, 0.29) is 17.2 Å². The van der Waals surface area contributed by atoms with Crippen molar-refractivity contribution in [2.75, 3.05) is 0 Å². The first kappa shape index (κ1) is 15.6. The van der Waals surface area contributed by atoms with Gasteiger partial charge >= 0.3 is 0 Å². The molecule has 3 N–H and O–H groups in total. The summed E-state index contributed by atoms with van der Waals surface area (Å²) in [5.74, 6) is 0.267. The Bertz CT molecular complexity index is 745. The van der Waals surface area contributed by atoms with E-state index in [9.17, 15) is 8.42 Å². The molecular formula is C13H15N3O3S2. The maximum absolute atomic E-state index is 12.2. The van der Waals surface area contributed by atoms with Gasteiger partial charge in [0.25, 0.3) is 0 Å². The molecule has 8 heteroatoms. The normalized spacial score (nSPS) is 11.5. The highest BCUT2D eigenvalue weighted by Gasteiger charge is 2.23. The Hall–Kier alpha value is -1.77. The van der Waals surface area contributed by atoms with Crippen LogP contribution in [-0.4, -0.2) is 18.6 Å². The second-order valence-electron chi connectivity index (χ2n) is 4.54. The van der Waals surface area contributed by atoms with Crippen LogP contribution < -0.4 is 10.5 Å². The number of thiocarbonyl (C=S) groups is 1. The molecule has 112 valence electrons. The zero-order valence-corrected chi connectivity index (χ0v) is 13.2. The molecule has 0 atom stereocenters. The van der Waals surface area contributed by atoms with E-state index in [1.165, 1.54) is 0 Å². The molecule has 6 nitrogen and oxygen atoms in total. The van der Waals surface area contributed by atoms with Crippen LogP contribution in [0.3, 0.4) is 0 Å². The van der Waals surface area contributed by atoms with Gasteiger partial charge in [0.05, 0.1) is 0 Å². The Balaban J connectivity index is 2.14. The number of rotatable bonds is 5. The lowest BCUT2D eigenvalue weighted by molar-refractivity contribution is 0.390. The maximum atomic E-state index is 12.2. The fourth-order valence-corrected chi connectivity index (χ4v) is 3.37. The van der Waals surface area contributed by atoms with Crippen molar-refractivity contribution in [3.05, 3.63) is 46.8 Å². The van der Waals surface area contributed by atoms with E-state index in [4.69, 9.17) is 22.5 Å². The number of benzene rings is 1. The number of hydrogen-bond donors (Lipinski definition) is 2. The molecule has 0 amide bonds. The average molecular weight is 325 g/mol. The van der Waals surface area contributed by atoms with E-state index in [0.717, 1.165) is 11.1 Å². The quantitative estimate of drug-likeness (QED) is 0.807. The van der Waals surface area contributed by atoms with E-state index in [0.29, 0.717) is 10.7 Å². The molecule has 1 aromatic heterocycles. The Morgan fingerprint density at radius 3 is 2.43 bits per heavy atom. The summed E-state index contributed by atoms with van der Waals surface area (Å²) in [4.78, 5) is 0.389. The Morgan fingerprint density at radius 2 is 1.95 bits per heavy atom. The van der Waals surface area contributed by atoms with Crippen molar-refractivity contribution in [2.24, 2.45) is 5.73 Å². The van der Waals surface area contributed by atoms with Gasteiger partial charge in [-0.1, -0.05) is 41.6 Å². The molecule has 0 saturated heterocycles. The highest BCUT2D eigenvalue weighted by molar-refractivity contribution is 7.89. The van der Waals surface area contributed by atoms with Crippen LogP contribution in [0, 0.1) is 13.8 Å². The first-order chi connectivity index (χ1) is 9.81. The van der Waals surface area contributed by atoms with E-state index in [1.807, 2.05) is 0 Å². The third-order valence-electron chi connectivity index (χ3n) is 2.94. The number of nitrogens with one attached hydrogen (secondary N) is 1. The molecule has 0 unspecified atom stereocenters. The predicted molar refractivity (Wildman–Crippen MR) is 82.3 cm³/mol. The zero-order chi connectivity index (χ0) is 15.6. The van der Waals surface area contributed by atoms with E-state index < -0.39 is 10.0 Å². The van der Waals surface area contributed by atoms with Crippen molar-refractivity contribution >= 4 is 27.2 Å². The molecule has 0 bridgehead atoms. The van der Waals surface area contributed by atoms with Crippen molar-refractivity contribution in [3.8, 4) is 0 Å². The van der Waals surface area contributed by atoms with Crippen LogP contribution in [0.25, 0.3) is 0 Å². The molecule has 2 rings (SSSR count). The summed E-state index contributed by atoms with van der Waals surface area (Å²) in [6.45, 7) is 3.30. The Labute approximate surface area is 128 Å². The Morgan fingerprint density at radius 1 is 1.33 bits per heavy atom. The van der Waals surface area contributed by atoms with Crippen molar-refractivity contribution in [3.63, 3.8) is 0 Å². The summed E-state index contributed by atoms with van der Waals surface area (Å²) in [6.07, 6.45) is 0. The molecule has 1 aromatic carbocycles. The highest BCUT2D eigenvalue weighted by atomic mass is 32.2. The van der Waals surface area contributed by atoms with Gasteiger partial charge in [0.15, 0.2) is 5.76 Å². The molecule has 0 aliphatic carbocycles. The largest absolute Gasteiger partial charge is 0.389 e. The molecule has 1 heterocycles. The molecule has 0 aliphatic rings. The maximum Gasteiger partial charge on any atom is 0.246 e. The molecule has 0 fully saturated rings. The van der Waals surface area contributed by atoms with Gasteiger partial charge in [-0.25, -0.2) is 13.1 Å². The van der Waals surface area contributed by atoms with Gasteiger partial charge in [-0.05, 0) is 19.4 Å². The van der Waals surface area contributed by atoms with Crippen molar-refractivity contribution in [1.82, 2.24) is 9.88 Å². The minimum atomic E-state index is -3.66. The van der Waals surface area contributed by atoms with E-state index in [2.05, 4.69) is 9.88 Å². The summed E-state index contributed by atoms with van der Waals surface area (Å²) < 4.78 is 31.9. The minimum Gasteiger partial charge on any atom is -0.389 e. The summed E-state index contributed by atoms with van der Waals surface area (Å²) in [7, 11) is -3.66. The van der Waals surface area contributed by atoms with Crippen LogP contribution in [0.5, 0.6) is 0 Å². The Kier molecular flexibility index (Phi) is 4.40. The number of aryl methyl sites for hydroxylation is 2. The van der Waals surface area contributed by atoms with Crippen molar-refractivity contribution < 1.29 is 12.9 Å². The van der Waals surface area contributed by atoms with Gasteiger partial charge in [-0.15, -0.1) is 0 Å². The van der Waals surface area contributed by atoms with E-state index >= 15 is 0 Å². The molecule has 21 heavy (non-hydrogen) atoms. The molecule has 0 spiro atoms. The zero-order valence-electron chi connectivity index (χ0n) is 11.6. The smallest absolute Gasteiger partial charge is 0.246 e. The van der Waals surface area contributed by atoms with Gasteiger partial charge in [-0.2, -0.15) is 0 Å².